The van der Waals surface area contributed by atoms with Gasteiger partial charge in [-0.3, -0.25) is 4.99 Å². The molecule has 0 radical (unpaired) electrons. The fourth-order valence-corrected chi connectivity index (χ4v) is 5.34. The minimum absolute atomic E-state index is 0. The Morgan fingerprint density at radius 1 is 0.953 bits per heavy atom. The zero-order valence-corrected chi connectivity index (χ0v) is 29.8. The molecule has 2 aliphatic heterocycles. The molecule has 1 fully saturated rings. The van der Waals surface area contributed by atoms with E-state index in [4.69, 9.17) is 9.47 Å². The van der Waals surface area contributed by atoms with Crippen LogP contribution < -0.4 is 0 Å². The highest BCUT2D eigenvalue weighted by Gasteiger charge is 2.24. The third-order valence-corrected chi connectivity index (χ3v) is 7.19. The standard InChI is InChI=1S/C10H17N.C9H14S.C8H16O2.C6H9N.C3H8.2CH4/c1-7-6-11-8(2)9(7)10(3,4)5;1-8(2)5-6-9-4-3-7-10-9;1-7(2)10-8-3-5-9-6-4-8;1-5-3-4-6(2)7-5;1-3-2;;/h6H2,1-5H3;3-4,7-8H,5-6H2,1-2H3;7-8H,3-6H2,1-2H3;3-4,7H,1-2H3;3H2,1-2H3;2*1H4. The Kier molecular flexibility index (Phi) is 27.2. The Morgan fingerprint density at radius 3 is 1.79 bits per heavy atom. The van der Waals surface area contributed by atoms with Gasteiger partial charge in [0.25, 0.3) is 0 Å². The molecular weight excluding hydrogens is 548 g/mol. The van der Waals surface area contributed by atoms with Crippen LogP contribution in [0, 0.1) is 25.2 Å². The van der Waals surface area contributed by atoms with Crippen LogP contribution in [0.25, 0.3) is 0 Å². The van der Waals surface area contributed by atoms with Crippen molar-refractivity contribution in [3.8, 4) is 0 Å². The lowest BCUT2D eigenvalue weighted by Crippen LogP contribution is -2.25. The lowest BCUT2D eigenvalue weighted by atomic mass is 9.82. The molecule has 1 N–H and O–H groups in total. The summed E-state index contributed by atoms with van der Waals surface area (Å²) in [6, 6.07) is 8.47. The number of allylic oxidation sites excluding steroid dienone is 1. The molecule has 252 valence electrons. The minimum atomic E-state index is 0. The zero-order valence-electron chi connectivity index (χ0n) is 28.9. The van der Waals surface area contributed by atoms with Crippen molar-refractivity contribution in [1.82, 2.24) is 4.98 Å². The first-order valence-corrected chi connectivity index (χ1v) is 16.7. The third-order valence-electron chi connectivity index (χ3n) is 6.25. The molecule has 4 heterocycles. The highest BCUT2D eigenvalue weighted by molar-refractivity contribution is 7.09. The number of hydrogen-bond donors (Lipinski definition) is 1. The molecule has 0 saturated carbocycles. The smallest absolute Gasteiger partial charge is 0.0622 e. The Balaban J connectivity index is -0.000000478. The number of nitrogens with zero attached hydrogens (tertiary/aromatic N) is 1. The highest BCUT2D eigenvalue weighted by Crippen LogP contribution is 2.32. The van der Waals surface area contributed by atoms with E-state index in [1.54, 1.807) is 0 Å². The SMILES string of the molecule is C.C.CC(C)CCc1cccs1.CC(C)OC1CCOCC1.CC1=NCC(C)=C1C(C)(C)C.CCC.Cc1ccc(C)[nH]1. The van der Waals surface area contributed by atoms with E-state index in [2.05, 4.69) is 116 Å². The summed E-state index contributed by atoms with van der Waals surface area (Å²) in [5, 5.41) is 2.15. The molecule has 2 aromatic rings. The lowest BCUT2D eigenvalue weighted by Gasteiger charge is -2.24. The highest BCUT2D eigenvalue weighted by atomic mass is 32.1. The molecule has 0 amide bonds. The van der Waals surface area contributed by atoms with Crippen LogP contribution in [0.5, 0.6) is 0 Å². The van der Waals surface area contributed by atoms with Crippen molar-refractivity contribution in [3.63, 3.8) is 0 Å². The summed E-state index contributed by atoms with van der Waals surface area (Å²) in [6.07, 6.45) is 6.78. The van der Waals surface area contributed by atoms with Crippen molar-refractivity contribution in [3.05, 3.63) is 57.1 Å². The average Bonchev–Trinajstić information content (AvgIpc) is 3.61. The molecule has 4 nitrogen and oxygen atoms in total. The van der Waals surface area contributed by atoms with Crippen LogP contribution in [0.1, 0.15) is 133 Å². The van der Waals surface area contributed by atoms with Crippen LogP contribution in [-0.2, 0) is 15.9 Å². The number of H-pyrrole nitrogens is 1. The topological polar surface area (TPSA) is 46.6 Å². The maximum Gasteiger partial charge on any atom is 0.0622 e. The van der Waals surface area contributed by atoms with Gasteiger partial charge in [0.05, 0.1) is 18.8 Å². The maximum absolute atomic E-state index is 5.61. The number of ether oxygens (including phenoxy) is 2. The average molecular weight is 621 g/mol. The Morgan fingerprint density at radius 2 is 1.49 bits per heavy atom. The van der Waals surface area contributed by atoms with Crippen molar-refractivity contribution in [2.45, 2.75) is 149 Å². The van der Waals surface area contributed by atoms with Gasteiger partial charge in [0.2, 0.25) is 0 Å². The molecule has 4 rings (SSSR count). The van der Waals surface area contributed by atoms with E-state index in [-0.39, 0.29) is 20.3 Å². The summed E-state index contributed by atoms with van der Waals surface area (Å²) in [4.78, 5) is 9.07. The van der Waals surface area contributed by atoms with E-state index in [1.807, 2.05) is 25.2 Å². The first-order chi connectivity index (χ1) is 19.2. The molecule has 0 spiro atoms. The minimum Gasteiger partial charge on any atom is -0.381 e. The predicted octanol–water partition coefficient (Wildman–Crippen LogP) is 12.1. The Labute approximate surface area is 273 Å². The van der Waals surface area contributed by atoms with E-state index < -0.39 is 0 Å². The second-order valence-electron chi connectivity index (χ2n) is 12.8. The molecule has 43 heavy (non-hydrogen) atoms. The number of hydrogen-bond acceptors (Lipinski definition) is 4. The molecule has 0 aliphatic carbocycles. The number of aromatic amines is 1. The van der Waals surface area contributed by atoms with Gasteiger partial charge >= 0.3 is 0 Å². The van der Waals surface area contributed by atoms with Gasteiger partial charge in [0.1, 0.15) is 0 Å². The number of aryl methyl sites for hydroxylation is 3. The molecular formula is C38H72N2O2S. The maximum atomic E-state index is 5.61. The fraction of sp³-hybridized carbons (Fsp3) is 0.711. The first kappa shape index (κ1) is 45.7. The lowest BCUT2D eigenvalue weighted by molar-refractivity contribution is -0.0563. The quantitative estimate of drug-likeness (QED) is 0.361. The molecule has 5 heteroatoms. The van der Waals surface area contributed by atoms with Crippen LogP contribution in [0.2, 0.25) is 0 Å². The number of nitrogens with one attached hydrogen (secondary N) is 1. The molecule has 1 saturated heterocycles. The van der Waals surface area contributed by atoms with E-state index in [1.165, 1.54) is 52.4 Å². The summed E-state index contributed by atoms with van der Waals surface area (Å²) in [5.41, 5.74) is 6.87. The van der Waals surface area contributed by atoms with E-state index in [0.717, 1.165) is 38.5 Å². The molecule has 0 atom stereocenters. The molecule has 2 aliphatic rings. The van der Waals surface area contributed by atoms with Gasteiger partial charge in [-0.1, -0.05) is 75.8 Å². The summed E-state index contributed by atoms with van der Waals surface area (Å²) >= 11 is 1.86. The van der Waals surface area contributed by atoms with Crippen LogP contribution in [-0.4, -0.2) is 42.7 Å². The van der Waals surface area contributed by atoms with Gasteiger partial charge in [-0.2, -0.15) is 0 Å². The van der Waals surface area contributed by atoms with Crippen molar-refractivity contribution >= 4 is 17.0 Å². The molecule has 0 unspecified atom stereocenters. The van der Waals surface area contributed by atoms with Crippen LogP contribution in [0.4, 0.5) is 0 Å². The largest absolute Gasteiger partial charge is 0.381 e. The Bertz CT molecular complexity index is 940. The summed E-state index contributed by atoms with van der Waals surface area (Å²) in [7, 11) is 0. The van der Waals surface area contributed by atoms with Crippen LogP contribution in [0.3, 0.4) is 0 Å². The second kappa shape index (κ2) is 25.6. The predicted molar refractivity (Wildman–Crippen MR) is 197 cm³/mol. The van der Waals surface area contributed by atoms with Crippen molar-refractivity contribution in [1.29, 1.82) is 0 Å². The zero-order chi connectivity index (χ0) is 31.4. The van der Waals surface area contributed by atoms with Crippen LogP contribution in [0.15, 0.2) is 45.8 Å². The van der Waals surface area contributed by atoms with E-state index >= 15 is 0 Å². The van der Waals surface area contributed by atoms with Gasteiger partial charge in [-0.15, -0.1) is 11.3 Å². The second-order valence-corrected chi connectivity index (χ2v) is 13.9. The van der Waals surface area contributed by atoms with Crippen molar-refractivity contribution in [2.24, 2.45) is 16.3 Å². The molecule has 0 aromatic carbocycles. The van der Waals surface area contributed by atoms with Gasteiger partial charge in [0, 0.05) is 35.2 Å². The number of rotatable bonds is 5. The monoisotopic (exact) mass is 621 g/mol. The van der Waals surface area contributed by atoms with Crippen molar-refractivity contribution < 1.29 is 9.47 Å². The van der Waals surface area contributed by atoms with Gasteiger partial charge in [-0.25, -0.2) is 0 Å². The van der Waals surface area contributed by atoms with Gasteiger partial charge in [0.15, 0.2) is 0 Å². The van der Waals surface area contributed by atoms with Gasteiger partial charge < -0.3 is 14.5 Å². The number of aliphatic imine (C=N–C) groups is 1. The first-order valence-electron chi connectivity index (χ1n) is 15.8. The molecule has 0 bridgehead atoms. The van der Waals surface area contributed by atoms with E-state index in [9.17, 15) is 0 Å². The summed E-state index contributed by atoms with van der Waals surface area (Å²) in [5.74, 6) is 0.835. The third kappa shape index (κ3) is 23.4. The number of thiophene rings is 1. The normalized spacial score (nSPS) is 14.4. The van der Waals surface area contributed by atoms with Gasteiger partial charge in [-0.05, 0) is 113 Å². The summed E-state index contributed by atoms with van der Waals surface area (Å²) < 4.78 is 10.8. The van der Waals surface area contributed by atoms with Crippen molar-refractivity contribution in [2.75, 3.05) is 19.8 Å². The fourth-order valence-electron chi connectivity index (χ4n) is 4.61. The summed E-state index contributed by atoms with van der Waals surface area (Å²) in [6.45, 7) is 30.7. The molecule has 2 aromatic heterocycles. The van der Waals surface area contributed by atoms with E-state index in [0.29, 0.717) is 12.2 Å². The Hall–Kier alpha value is -1.69. The number of aromatic nitrogens is 1. The van der Waals surface area contributed by atoms with Crippen LogP contribution >= 0.6 is 11.3 Å².